The molecule has 0 atom stereocenters. The fourth-order valence-corrected chi connectivity index (χ4v) is 2.72. The number of methoxy groups -OCH3 is 1. The number of amides is 2. The summed E-state index contributed by atoms with van der Waals surface area (Å²) in [5, 5.41) is 0. The third-order valence-corrected chi connectivity index (χ3v) is 4.01. The summed E-state index contributed by atoms with van der Waals surface area (Å²) < 4.78 is 6.85. The fraction of sp³-hybridized carbons (Fsp3) is 0.211. The molecule has 0 spiro atoms. The van der Waals surface area contributed by atoms with Crippen LogP contribution in [0.1, 0.15) is 28.2 Å². The van der Waals surface area contributed by atoms with Gasteiger partial charge in [-0.25, -0.2) is 4.98 Å². The van der Waals surface area contributed by atoms with Crippen molar-refractivity contribution in [3.8, 4) is 5.75 Å². The van der Waals surface area contributed by atoms with Crippen molar-refractivity contribution in [2.75, 3.05) is 7.11 Å². The summed E-state index contributed by atoms with van der Waals surface area (Å²) in [6.07, 6.45) is 2.56. The predicted molar refractivity (Wildman–Crippen MR) is 96.9 cm³/mol. The smallest absolute Gasteiger partial charge is 0.288 e. The summed E-state index contributed by atoms with van der Waals surface area (Å²) >= 11 is 0. The molecule has 2 heterocycles. The van der Waals surface area contributed by atoms with Crippen LogP contribution in [0, 0.1) is 6.92 Å². The number of aryl methyl sites for hydroxylation is 2. The van der Waals surface area contributed by atoms with E-state index in [0.717, 1.165) is 11.3 Å². The number of hydrazine groups is 1. The fourth-order valence-electron chi connectivity index (χ4n) is 2.72. The van der Waals surface area contributed by atoms with Gasteiger partial charge in [0.25, 0.3) is 5.91 Å². The van der Waals surface area contributed by atoms with Crippen molar-refractivity contribution in [2.24, 2.45) is 0 Å². The highest BCUT2D eigenvalue weighted by atomic mass is 16.5. The number of carbonyl (C=O) groups is 2. The number of carbonyl (C=O) groups excluding carboxylic acids is 2. The molecule has 0 unspecified atom stereocenters. The minimum Gasteiger partial charge on any atom is -0.497 e. The van der Waals surface area contributed by atoms with Gasteiger partial charge in [0.2, 0.25) is 5.91 Å². The Morgan fingerprint density at radius 2 is 2.00 bits per heavy atom. The Bertz CT molecular complexity index is 949. The third-order valence-electron chi connectivity index (χ3n) is 4.01. The molecule has 0 radical (unpaired) electrons. The van der Waals surface area contributed by atoms with E-state index in [4.69, 9.17) is 4.74 Å². The van der Waals surface area contributed by atoms with Crippen LogP contribution < -0.4 is 15.6 Å². The van der Waals surface area contributed by atoms with Gasteiger partial charge in [0.05, 0.1) is 12.8 Å². The van der Waals surface area contributed by atoms with Crippen LogP contribution in [0.3, 0.4) is 0 Å². The largest absolute Gasteiger partial charge is 0.497 e. The maximum atomic E-state index is 12.4. The zero-order valence-corrected chi connectivity index (χ0v) is 14.7. The van der Waals surface area contributed by atoms with Crippen molar-refractivity contribution < 1.29 is 14.3 Å². The first-order chi connectivity index (χ1) is 12.6. The van der Waals surface area contributed by atoms with Gasteiger partial charge in [-0.1, -0.05) is 18.2 Å². The first-order valence-electron chi connectivity index (χ1n) is 8.24. The summed E-state index contributed by atoms with van der Waals surface area (Å²) in [5.41, 5.74) is 7.57. The molecule has 0 aliphatic carbocycles. The minimum atomic E-state index is -0.407. The molecule has 2 aromatic heterocycles. The molecule has 0 aliphatic heterocycles. The van der Waals surface area contributed by atoms with E-state index in [9.17, 15) is 9.59 Å². The van der Waals surface area contributed by atoms with Crippen molar-refractivity contribution in [2.45, 2.75) is 19.8 Å². The maximum absolute atomic E-state index is 12.4. The summed E-state index contributed by atoms with van der Waals surface area (Å²) in [6.45, 7) is 1.76. The number of ether oxygens (including phenoxy) is 1. The monoisotopic (exact) mass is 352 g/mol. The molecule has 0 bridgehead atoms. The van der Waals surface area contributed by atoms with Gasteiger partial charge in [0.1, 0.15) is 17.1 Å². The number of pyridine rings is 1. The number of rotatable bonds is 5. The molecule has 3 aromatic rings. The molecule has 2 amide bonds. The number of imidazole rings is 1. The number of aromatic nitrogens is 2. The second-order valence-corrected chi connectivity index (χ2v) is 5.83. The lowest BCUT2D eigenvalue weighted by Crippen LogP contribution is -2.42. The van der Waals surface area contributed by atoms with Crippen LogP contribution in [0.5, 0.6) is 5.75 Å². The summed E-state index contributed by atoms with van der Waals surface area (Å²) in [5.74, 6) is 0.0721. The average Bonchev–Trinajstić information content (AvgIpc) is 3.00. The number of hydrogen-bond acceptors (Lipinski definition) is 4. The topological polar surface area (TPSA) is 84.7 Å². The molecule has 1 aromatic carbocycles. The Balaban J connectivity index is 1.57. The summed E-state index contributed by atoms with van der Waals surface area (Å²) in [4.78, 5) is 28.7. The highest BCUT2D eigenvalue weighted by Crippen LogP contribution is 2.14. The molecule has 3 rings (SSSR count). The van der Waals surface area contributed by atoms with E-state index in [1.54, 1.807) is 24.6 Å². The molecule has 134 valence electrons. The van der Waals surface area contributed by atoms with Gasteiger partial charge < -0.3 is 4.74 Å². The van der Waals surface area contributed by atoms with E-state index >= 15 is 0 Å². The minimum absolute atomic E-state index is 0.250. The molecule has 2 N–H and O–H groups in total. The highest BCUT2D eigenvalue weighted by Gasteiger charge is 2.16. The van der Waals surface area contributed by atoms with Crippen molar-refractivity contribution in [3.63, 3.8) is 0 Å². The Hall–Kier alpha value is -3.35. The lowest BCUT2D eigenvalue weighted by atomic mass is 10.1. The van der Waals surface area contributed by atoms with E-state index < -0.39 is 5.91 Å². The maximum Gasteiger partial charge on any atom is 0.288 e. The van der Waals surface area contributed by atoms with E-state index in [0.29, 0.717) is 23.5 Å². The molecule has 0 aliphatic rings. The quantitative estimate of drug-likeness (QED) is 0.688. The molecule has 0 saturated carbocycles. The Labute approximate surface area is 151 Å². The Morgan fingerprint density at radius 1 is 1.15 bits per heavy atom. The van der Waals surface area contributed by atoms with Gasteiger partial charge in [0, 0.05) is 12.6 Å². The van der Waals surface area contributed by atoms with Crippen LogP contribution >= 0.6 is 0 Å². The molecule has 26 heavy (non-hydrogen) atoms. The van der Waals surface area contributed by atoms with Gasteiger partial charge in [-0.3, -0.25) is 24.8 Å². The average molecular weight is 352 g/mol. The van der Waals surface area contributed by atoms with Gasteiger partial charge in [-0.15, -0.1) is 0 Å². The predicted octanol–water partition coefficient (Wildman–Crippen LogP) is 2.05. The zero-order valence-electron chi connectivity index (χ0n) is 14.7. The van der Waals surface area contributed by atoms with Crippen molar-refractivity contribution in [1.29, 1.82) is 0 Å². The van der Waals surface area contributed by atoms with E-state index in [1.807, 2.05) is 42.5 Å². The lowest BCUT2D eigenvalue weighted by Gasteiger charge is -2.08. The van der Waals surface area contributed by atoms with Gasteiger partial charge >= 0.3 is 0 Å². The van der Waals surface area contributed by atoms with Crippen LogP contribution in [0.25, 0.3) is 5.65 Å². The molecule has 0 saturated heterocycles. The third kappa shape index (κ3) is 3.83. The first kappa shape index (κ1) is 17.5. The van der Waals surface area contributed by atoms with Crippen LogP contribution in [0.2, 0.25) is 0 Å². The highest BCUT2D eigenvalue weighted by molar-refractivity contribution is 5.95. The normalized spacial score (nSPS) is 10.5. The lowest BCUT2D eigenvalue weighted by molar-refractivity contribution is -0.121. The molecular weight excluding hydrogens is 332 g/mol. The molecule has 0 fully saturated rings. The number of nitrogens with zero attached hydrogens (tertiary/aromatic N) is 2. The van der Waals surface area contributed by atoms with Crippen molar-refractivity contribution in [1.82, 2.24) is 20.2 Å². The number of nitrogens with one attached hydrogen (secondary N) is 2. The van der Waals surface area contributed by atoms with Crippen LogP contribution in [-0.2, 0) is 11.2 Å². The number of benzene rings is 1. The number of fused-ring (bicyclic) bond motifs is 1. The van der Waals surface area contributed by atoms with Crippen molar-refractivity contribution in [3.05, 3.63) is 65.6 Å². The second kappa shape index (κ2) is 7.69. The van der Waals surface area contributed by atoms with E-state index in [2.05, 4.69) is 15.8 Å². The molecule has 7 heteroatoms. The Morgan fingerprint density at radius 3 is 2.81 bits per heavy atom. The summed E-state index contributed by atoms with van der Waals surface area (Å²) in [7, 11) is 1.60. The van der Waals surface area contributed by atoms with Crippen molar-refractivity contribution >= 4 is 17.5 Å². The zero-order chi connectivity index (χ0) is 18.5. The SMILES string of the molecule is COc1cccc(CCC(=O)NNC(=O)c2c(C)nc3ccccn23)c1. The van der Waals surface area contributed by atoms with Gasteiger partial charge in [0.15, 0.2) is 0 Å². The summed E-state index contributed by atoms with van der Waals surface area (Å²) in [6, 6.07) is 13.0. The van der Waals surface area contributed by atoms with Crippen LogP contribution in [0.15, 0.2) is 48.7 Å². The van der Waals surface area contributed by atoms with E-state index in [1.165, 1.54) is 0 Å². The van der Waals surface area contributed by atoms with Crippen LogP contribution in [-0.4, -0.2) is 28.3 Å². The standard InChI is InChI=1S/C19H20N4O3/c1-13-18(23-11-4-3-8-16(23)20-13)19(25)22-21-17(24)10-9-14-6-5-7-15(12-14)26-2/h3-8,11-12H,9-10H2,1-2H3,(H,21,24)(H,22,25). The number of hydrogen-bond donors (Lipinski definition) is 2. The van der Waals surface area contributed by atoms with Gasteiger partial charge in [-0.2, -0.15) is 0 Å². The molecule has 7 nitrogen and oxygen atoms in total. The first-order valence-corrected chi connectivity index (χ1v) is 8.24. The van der Waals surface area contributed by atoms with E-state index in [-0.39, 0.29) is 12.3 Å². The molecular formula is C19H20N4O3. The Kier molecular flexibility index (Phi) is 5.17. The van der Waals surface area contributed by atoms with Crippen LogP contribution in [0.4, 0.5) is 0 Å². The second-order valence-electron chi connectivity index (χ2n) is 5.83. The van der Waals surface area contributed by atoms with Gasteiger partial charge in [-0.05, 0) is 43.2 Å².